The van der Waals surface area contributed by atoms with Gasteiger partial charge in [-0.3, -0.25) is 14.5 Å². The molecule has 4 N–H and O–H groups in total. The summed E-state index contributed by atoms with van der Waals surface area (Å²) in [6.45, 7) is 9.67. The molecular formula is C39H52F3N3O4S. The Morgan fingerprint density at radius 3 is 2.22 bits per heavy atom. The second-order valence-electron chi connectivity index (χ2n) is 14.8. The average molecular weight is 716 g/mol. The summed E-state index contributed by atoms with van der Waals surface area (Å²) in [5, 5.41) is 30.4. The molecule has 3 aromatic carbocycles. The van der Waals surface area contributed by atoms with E-state index in [1.165, 1.54) is 0 Å². The first kappa shape index (κ1) is 39.7. The van der Waals surface area contributed by atoms with E-state index in [2.05, 4.69) is 31.4 Å². The molecule has 0 spiro atoms. The molecule has 7 nitrogen and oxygen atoms in total. The average Bonchev–Trinajstić information content (AvgIpc) is 3.53. The van der Waals surface area contributed by atoms with Gasteiger partial charge >= 0.3 is 6.18 Å². The highest BCUT2D eigenvalue weighted by molar-refractivity contribution is 8.00. The number of amides is 2. The van der Waals surface area contributed by atoms with Gasteiger partial charge in [0, 0.05) is 17.0 Å². The van der Waals surface area contributed by atoms with E-state index in [0.717, 1.165) is 26.8 Å². The number of aliphatic hydroxyl groups is 2. The first-order valence-electron chi connectivity index (χ1n) is 17.5. The number of β-amino-alcohol motifs (C(OH)–C–C–N with tert-alkyl or cyclic N) is 1. The van der Waals surface area contributed by atoms with Crippen LogP contribution in [0, 0.1) is 11.8 Å². The van der Waals surface area contributed by atoms with Gasteiger partial charge in [0.15, 0.2) is 0 Å². The minimum atomic E-state index is -4.45. The molecule has 6 atom stereocenters. The third kappa shape index (κ3) is 11.2. The zero-order valence-electron chi connectivity index (χ0n) is 29.6. The van der Waals surface area contributed by atoms with Gasteiger partial charge in [-0.15, -0.1) is 0 Å². The van der Waals surface area contributed by atoms with E-state index < -0.39 is 54.9 Å². The van der Waals surface area contributed by atoms with Crippen molar-refractivity contribution in [3.05, 3.63) is 83.9 Å². The minimum Gasteiger partial charge on any atom is -0.389 e. The molecule has 50 heavy (non-hydrogen) atoms. The van der Waals surface area contributed by atoms with Crippen molar-refractivity contribution in [2.75, 3.05) is 18.8 Å². The van der Waals surface area contributed by atoms with Crippen LogP contribution in [-0.4, -0.2) is 87.0 Å². The van der Waals surface area contributed by atoms with Crippen molar-refractivity contribution in [1.29, 1.82) is 0 Å². The Morgan fingerprint density at radius 1 is 0.900 bits per heavy atom. The van der Waals surface area contributed by atoms with Crippen LogP contribution in [0.4, 0.5) is 13.2 Å². The van der Waals surface area contributed by atoms with Crippen molar-refractivity contribution >= 4 is 34.3 Å². The molecule has 274 valence electrons. The van der Waals surface area contributed by atoms with Gasteiger partial charge in [0.25, 0.3) is 0 Å². The van der Waals surface area contributed by atoms with E-state index in [9.17, 15) is 33.0 Å². The fourth-order valence-corrected chi connectivity index (χ4v) is 7.52. The maximum absolute atomic E-state index is 14.1. The van der Waals surface area contributed by atoms with Crippen LogP contribution in [-0.2, 0) is 22.4 Å². The van der Waals surface area contributed by atoms with Crippen LogP contribution in [0.15, 0.2) is 72.8 Å². The van der Waals surface area contributed by atoms with Crippen molar-refractivity contribution < 1.29 is 33.0 Å². The van der Waals surface area contributed by atoms with Gasteiger partial charge in [0.05, 0.1) is 18.1 Å². The molecule has 1 aliphatic rings. The summed E-state index contributed by atoms with van der Waals surface area (Å²) in [7, 11) is 0. The lowest BCUT2D eigenvalue weighted by Crippen LogP contribution is -2.58. The number of aliphatic hydroxyl groups excluding tert-OH is 2. The van der Waals surface area contributed by atoms with Crippen LogP contribution >= 0.6 is 11.8 Å². The Morgan fingerprint density at radius 2 is 1.56 bits per heavy atom. The summed E-state index contributed by atoms with van der Waals surface area (Å²) in [6, 6.07) is 19.4. The number of benzene rings is 3. The van der Waals surface area contributed by atoms with Gasteiger partial charge in [0.2, 0.25) is 11.8 Å². The summed E-state index contributed by atoms with van der Waals surface area (Å²) >= 11 is 1.68. The topological polar surface area (TPSA) is 102 Å². The quantitative estimate of drug-likeness (QED) is 0.151. The highest BCUT2D eigenvalue weighted by atomic mass is 32.2. The Balaban J connectivity index is 1.53. The van der Waals surface area contributed by atoms with Gasteiger partial charge in [-0.05, 0) is 60.0 Å². The van der Waals surface area contributed by atoms with Gasteiger partial charge in [-0.2, -0.15) is 24.9 Å². The molecule has 0 saturated carbocycles. The number of nitrogens with one attached hydrogen (secondary N) is 2. The molecule has 0 radical (unpaired) electrons. The van der Waals surface area contributed by atoms with Gasteiger partial charge in [-0.1, -0.05) is 107 Å². The predicted octanol–water partition coefficient (Wildman–Crippen LogP) is 6.15. The number of hydrogen-bond donors (Lipinski definition) is 4. The van der Waals surface area contributed by atoms with Gasteiger partial charge < -0.3 is 20.8 Å². The molecular weight excluding hydrogens is 664 g/mol. The van der Waals surface area contributed by atoms with Crippen molar-refractivity contribution in [3.8, 4) is 0 Å². The monoisotopic (exact) mass is 715 g/mol. The third-order valence-corrected chi connectivity index (χ3v) is 10.7. The lowest BCUT2D eigenvalue weighted by atomic mass is 9.93. The molecule has 0 aliphatic carbocycles. The van der Waals surface area contributed by atoms with Gasteiger partial charge in [0.1, 0.15) is 18.2 Å². The van der Waals surface area contributed by atoms with Crippen molar-refractivity contribution in [3.63, 3.8) is 0 Å². The van der Waals surface area contributed by atoms with E-state index in [4.69, 9.17) is 0 Å². The molecule has 2 unspecified atom stereocenters. The zero-order valence-corrected chi connectivity index (χ0v) is 30.4. The minimum absolute atomic E-state index is 0.0674. The Bertz CT molecular complexity index is 1540. The third-order valence-electron chi connectivity index (χ3n) is 9.28. The summed E-state index contributed by atoms with van der Waals surface area (Å²) in [6.07, 6.45) is -6.71. The van der Waals surface area contributed by atoms with Crippen LogP contribution < -0.4 is 10.6 Å². The van der Waals surface area contributed by atoms with Crippen molar-refractivity contribution in [2.45, 2.75) is 102 Å². The number of rotatable bonds is 15. The van der Waals surface area contributed by atoms with E-state index in [1.807, 2.05) is 74.5 Å². The van der Waals surface area contributed by atoms with E-state index in [1.54, 1.807) is 23.9 Å². The number of likely N-dealkylation sites (tertiary alicyclic amines) is 1. The number of hydrogen-bond acceptors (Lipinski definition) is 6. The SMILES string of the molecule is CC(C)[C@H](NC(=O)[C@@H](CSC(C)(C)C)Cc1cccc2ccccc12)C(=O)NC(Cc1ccccc1)[C@@H](O)C(O)CN1CCC[C@H]1C(F)(F)F. The number of carbonyl (C=O) groups excluding carboxylic acids is 2. The molecule has 1 heterocycles. The summed E-state index contributed by atoms with van der Waals surface area (Å²) < 4.78 is 40.8. The predicted molar refractivity (Wildman–Crippen MR) is 195 cm³/mol. The van der Waals surface area contributed by atoms with E-state index in [-0.39, 0.29) is 36.0 Å². The molecule has 1 fully saturated rings. The van der Waals surface area contributed by atoms with Gasteiger partial charge in [-0.25, -0.2) is 0 Å². The van der Waals surface area contributed by atoms with Crippen molar-refractivity contribution in [2.24, 2.45) is 11.8 Å². The van der Waals surface area contributed by atoms with E-state index in [0.29, 0.717) is 18.6 Å². The van der Waals surface area contributed by atoms with Crippen molar-refractivity contribution in [1.82, 2.24) is 15.5 Å². The Hall–Kier alpha value is -3.12. The fraction of sp³-hybridized carbons (Fsp3) is 0.538. The lowest BCUT2D eigenvalue weighted by molar-refractivity contribution is -0.180. The second kappa shape index (κ2) is 17.4. The summed E-state index contributed by atoms with van der Waals surface area (Å²) in [4.78, 5) is 29.2. The first-order valence-corrected chi connectivity index (χ1v) is 18.4. The number of nitrogens with zero attached hydrogens (tertiary/aromatic N) is 1. The molecule has 11 heteroatoms. The lowest BCUT2D eigenvalue weighted by Gasteiger charge is -2.34. The number of thioether (sulfide) groups is 1. The maximum atomic E-state index is 14.1. The Kier molecular flexibility index (Phi) is 13.8. The van der Waals surface area contributed by atoms with Crippen LogP contribution in [0.2, 0.25) is 0 Å². The zero-order chi connectivity index (χ0) is 36.6. The van der Waals surface area contributed by atoms with Crippen LogP contribution in [0.1, 0.15) is 58.6 Å². The summed E-state index contributed by atoms with van der Waals surface area (Å²) in [5.41, 5.74) is 1.80. The molecule has 0 bridgehead atoms. The second-order valence-corrected chi connectivity index (χ2v) is 16.6. The van der Waals surface area contributed by atoms with Crippen LogP contribution in [0.25, 0.3) is 10.8 Å². The molecule has 1 aliphatic heterocycles. The molecule has 1 saturated heterocycles. The van der Waals surface area contributed by atoms with Crippen LogP contribution in [0.5, 0.6) is 0 Å². The number of carbonyl (C=O) groups is 2. The molecule has 3 aromatic rings. The van der Waals surface area contributed by atoms with E-state index >= 15 is 0 Å². The molecule has 4 rings (SSSR count). The number of halogens is 3. The maximum Gasteiger partial charge on any atom is 0.404 e. The molecule has 0 aromatic heterocycles. The number of alkyl halides is 3. The number of fused-ring (bicyclic) bond motifs is 1. The Labute approximate surface area is 298 Å². The molecule has 2 amide bonds. The first-order chi connectivity index (χ1) is 23.5. The highest BCUT2D eigenvalue weighted by Crippen LogP contribution is 2.33. The normalized spacial score (nSPS) is 18.8. The smallest absolute Gasteiger partial charge is 0.389 e. The fourth-order valence-electron chi connectivity index (χ4n) is 6.55. The standard InChI is InChI=1S/C39H52F3N3O4S/c1-25(2)34(44-36(48)29(24-50-38(3,4)5)22-28-17-11-16-27-15-9-10-18-30(27)28)37(49)43-31(21-26-13-7-6-8-14-26)35(47)32(46)23-45-20-12-19-33(45)39(40,41)42/h6-11,13-18,25,29,31-35,46-47H,12,19-24H2,1-5H3,(H,43,49)(H,44,48)/t29-,31?,32?,33+,34+,35-/m1/s1. The largest absolute Gasteiger partial charge is 0.404 e. The highest BCUT2D eigenvalue weighted by Gasteiger charge is 2.47. The summed E-state index contributed by atoms with van der Waals surface area (Å²) in [5.74, 6) is -1.06. The van der Waals surface area contributed by atoms with Crippen LogP contribution in [0.3, 0.4) is 0 Å².